The molecule has 0 aromatic carbocycles. The maximum absolute atomic E-state index is 11.4. The molecule has 0 unspecified atom stereocenters. The van der Waals surface area contributed by atoms with Crippen LogP contribution in [0.4, 0.5) is 0 Å². The Bertz CT molecular complexity index is 384. The Labute approximate surface area is 103 Å². The average molecular weight is 255 g/mol. The Balaban J connectivity index is 2.72. The third-order valence-corrected chi connectivity index (χ3v) is 1.86. The van der Waals surface area contributed by atoms with Crippen LogP contribution in [0.2, 0.25) is 0 Å². The van der Waals surface area contributed by atoms with Gasteiger partial charge in [-0.05, 0) is 6.07 Å². The number of nitrogens with zero attached hydrogens (tertiary/aromatic N) is 1. The zero-order valence-electron chi connectivity index (χ0n) is 9.54. The molecule has 0 saturated heterocycles. The maximum atomic E-state index is 11.4. The van der Waals surface area contributed by atoms with Crippen LogP contribution in [0.25, 0.3) is 0 Å². The van der Waals surface area contributed by atoms with Gasteiger partial charge in [-0.3, -0.25) is 4.98 Å². The minimum atomic E-state index is -0.687. The molecule has 1 aromatic heterocycles. The van der Waals surface area contributed by atoms with Gasteiger partial charge in [0.15, 0.2) is 0 Å². The second kappa shape index (κ2) is 7.36. The molecule has 1 rings (SSSR count). The largest absolute Gasteiger partial charge is 0.460 e. The summed E-state index contributed by atoms with van der Waals surface area (Å²) in [5.41, 5.74) is 0.170. The molecule has 1 aromatic rings. The lowest BCUT2D eigenvalue weighted by Gasteiger charge is -2.05. The van der Waals surface area contributed by atoms with Gasteiger partial charge in [-0.25, -0.2) is 9.59 Å². The summed E-state index contributed by atoms with van der Waals surface area (Å²) in [6, 6.07) is 1.27. The van der Waals surface area contributed by atoms with Crippen molar-refractivity contribution in [3.8, 4) is 0 Å². The minimum absolute atomic E-state index is 0.0851. The summed E-state index contributed by atoms with van der Waals surface area (Å²) < 4.78 is 9.34. The number of hydrogen-bond acceptors (Lipinski definition) is 7. The van der Waals surface area contributed by atoms with Crippen LogP contribution in [0.1, 0.15) is 20.7 Å². The number of pyridine rings is 1. The number of aromatic nitrogens is 1. The Kier molecular flexibility index (Phi) is 5.75. The van der Waals surface area contributed by atoms with Crippen molar-refractivity contribution in [3.05, 3.63) is 29.6 Å². The summed E-state index contributed by atoms with van der Waals surface area (Å²) >= 11 is 0. The van der Waals surface area contributed by atoms with Crippen molar-refractivity contribution in [2.45, 2.75) is 0 Å². The quantitative estimate of drug-likeness (QED) is 0.652. The highest BCUT2D eigenvalue weighted by Gasteiger charge is 2.13. The fourth-order valence-electron chi connectivity index (χ4n) is 1.11. The molecule has 0 amide bonds. The number of esters is 2. The van der Waals surface area contributed by atoms with Crippen molar-refractivity contribution < 1.29 is 29.3 Å². The maximum Gasteiger partial charge on any atom is 0.339 e. The summed E-state index contributed by atoms with van der Waals surface area (Å²) in [7, 11) is 0. The molecule has 0 bridgehead atoms. The van der Waals surface area contributed by atoms with E-state index in [0.717, 1.165) is 0 Å². The van der Waals surface area contributed by atoms with Crippen LogP contribution in [0.3, 0.4) is 0 Å². The van der Waals surface area contributed by atoms with Gasteiger partial charge in [-0.2, -0.15) is 0 Å². The summed E-state index contributed by atoms with van der Waals surface area (Å²) in [6.45, 7) is -0.815. The number of carbonyl (C=O) groups is 2. The lowest BCUT2D eigenvalue weighted by Crippen LogP contribution is -2.12. The smallest absolute Gasteiger partial charge is 0.339 e. The van der Waals surface area contributed by atoms with E-state index in [9.17, 15) is 9.59 Å². The fourth-order valence-corrected chi connectivity index (χ4v) is 1.11. The first-order valence-electron chi connectivity index (χ1n) is 5.20. The van der Waals surface area contributed by atoms with Crippen LogP contribution in [0.5, 0.6) is 0 Å². The Morgan fingerprint density at radius 3 is 1.83 bits per heavy atom. The predicted octanol–water partition coefficient (Wildman–Crippen LogP) is -0.620. The molecular formula is C11H13NO6. The molecule has 98 valence electrons. The van der Waals surface area contributed by atoms with Gasteiger partial charge in [0.05, 0.1) is 24.3 Å². The molecular weight excluding hydrogens is 242 g/mol. The Morgan fingerprint density at radius 2 is 1.44 bits per heavy atom. The van der Waals surface area contributed by atoms with Gasteiger partial charge in [-0.1, -0.05) is 0 Å². The highest BCUT2D eigenvalue weighted by Crippen LogP contribution is 2.06. The number of carbonyl (C=O) groups excluding carboxylic acids is 2. The predicted molar refractivity (Wildman–Crippen MR) is 59.0 cm³/mol. The third-order valence-electron chi connectivity index (χ3n) is 1.86. The zero-order chi connectivity index (χ0) is 13.4. The molecule has 0 aliphatic rings. The van der Waals surface area contributed by atoms with E-state index in [1.807, 2.05) is 0 Å². The SMILES string of the molecule is O=C(OCCO)c1cncc(C(=O)OCCO)c1. The second-order valence-corrected chi connectivity index (χ2v) is 3.18. The molecule has 18 heavy (non-hydrogen) atoms. The van der Waals surface area contributed by atoms with E-state index >= 15 is 0 Å². The number of hydrogen-bond donors (Lipinski definition) is 2. The van der Waals surface area contributed by atoms with Gasteiger partial charge in [0.1, 0.15) is 13.2 Å². The van der Waals surface area contributed by atoms with Gasteiger partial charge >= 0.3 is 11.9 Å². The van der Waals surface area contributed by atoms with E-state index < -0.39 is 11.9 Å². The summed E-state index contributed by atoms with van der Waals surface area (Å²) in [5, 5.41) is 17.0. The van der Waals surface area contributed by atoms with Gasteiger partial charge in [-0.15, -0.1) is 0 Å². The molecule has 0 aliphatic carbocycles. The van der Waals surface area contributed by atoms with E-state index in [-0.39, 0.29) is 37.6 Å². The monoisotopic (exact) mass is 255 g/mol. The zero-order valence-corrected chi connectivity index (χ0v) is 9.54. The lowest BCUT2D eigenvalue weighted by molar-refractivity contribution is 0.0429. The summed E-state index contributed by atoms with van der Waals surface area (Å²) in [6.07, 6.45) is 2.48. The minimum Gasteiger partial charge on any atom is -0.460 e. The standard InChI is InChI=1S/C11H13NO6/c13-1-3-17-10(15)8-5-9(7-12-6-8)11(16)18-4-2-14/h5-7,13-14H,1-4H2. The van der Waals surface area contributed by atoms with E-state index in [4.69, 9.17) is 10.2 Å². The van der Waals surface area contributed by atoms with Crippen LogP contribution < -0.4 is 0 Å². The van der Waals surface area contributed by atoms with Crippen molar-refractivity contribution in [1.29, 1.82) is 0 Å². The highest BCUT2D eigenvalue weighted by molar-refractivity contribution is 5.94. The first-order valence-corrected chi connectivity index (χ1v) is 5.20. The molecule has 2 N–H and O–H groups in total. The third kappa shape index (κ3) is 4.11. The van der Waals surface area contributed by atoms with E-state index in [1.165, 1.54) is 18.5 Å². The van der Waals surface area contributed by atoms with Gasteiger partial charge < -0.3 is 19.7 Å². The van der Waals surface area contributed by atoms with Crippen molar-refractivity contribution in [2.24, 2.45) is 0 Å². The van der Waals surface area contributed by atoms with E-state index in [0.29, 0.717) is 0 Å². The molecule has 7 heteroatoms. The van der Waals surface area contributed by atoms with Crippen molar-refractivity contribution in [2.75, 3.05) is 26.4 Å². The molecule has 0 aliphatic heterocycles. The molecule has 0 atom stereocenters. The van der Waals surface area contributed by atoms with Crippen molar-refractivity contribution in [1.82, 2.24) is 4.98 Å². The number of aliphatic hydroxyl groups is 2. The topological polar surface area (TPSA) is 106 Å². The molecule has 1 heterocycles. The lowest BCUT2D eigenvalue weighted by atomic mass is 10.2. The molecule has 0 saturated carbocycles. The van der Waals surface area contributed by atoms with Gasteiger partial charge in [0.2, 0.25) is 0 Å². The molecule has 7 nitrogen and oxygen atoms in total. The highest BCUT2D eigenvalue weighted by atomic mass is 16.5. The molecule has 0 fully saturated rings. The number of ether oxygens (including phenoxy) is 2. The number of rotatable bonds is 6. The number of aliphatic hydroxyl groups excluding tert-OH is 2. The van der Waals surface area contributed by atoms with Crippen LogP contribution in [0.15, 0.2) is 18.5 Å². The van der Waals surface area contributed by atoms with Crippen LogP contribution >= 0.6 is 0 Å². The fraction of sp³-hybridized carbons (Fsp3) is 0.364. The van der Waals surface area contributed by atoms with Crippen LogP contribution in [-0.4, -0.2) is 53.6 Å². The Morgan fingerprint density at radius 1 is 1.00 bits per heavy atom. The molecule has 0 spiro atoms. The normalized spacial score (nSPS) is 9.89. The van der Waals surface area contributed by atoms with Crippen molar-refractivity contribution >= 4 is 11.9 Å². The van der Waals surface area contributed by atoms with Crippen molar-refractivity contribution in [3.63, 3.8) is 0 Å². The first-order chi connectivity index (χ1) is 8.69. The van der Waals surface area contributed by atoms with Crippen LogP contribution in [0, 0.1) is 0 Å². The second-order valence-electron chi connectivity index (χ2n) is 3.18. The Hall–Kier alpha value is -1.99. The van der Waals surface area contributed by atoms with E-state index in [1.54, 1.807) is 0 Å². The van der Waals surface area contributed by atoms with E-state index in [2.05, 4.69) is 14.5 Å². The summed E-state index contributed by atoms with van der Waals surface area (Å²) in [4.78, 5) is 26.6. The van der Waals surface area contributed by atoms with Crippen LogP contribution in [-0.2, 0) is 9.47 Å². The average Bonchev–Trinajstić information content (AvgIpc) is 2.42. The first kappa shape index (κ1) is 14.1. The molecule has 0 radical (unpaired) electrons. The van der Waals surface area contributed by atoms with Gasteiger partial charge in [0.25, 0.3) is 0 Å². The van der Waals surface area contributed by atoms with Gasteiger partial charge in [0, 0.05) is 12.4 Å². The summed E-state index contributed by atoms with van der Waals surface area (Å²) in [5.74, 6) is -1.37.